The van der Waals surface area contributed by atoms with Crippen molar-refractivity contribution in [2.75, 3.05) is 45.9 Å². The van der Waals surface area contributed by atoms with E-state index in [-0.39, 0.29) is 12.5 Å². The lowest BCUT2D eigenvalue weighted by Gasteiger charge is -2.40. The highest BCUT2D eigenvalue weighted by molar-refractivity contribution is 5.73. The number of aliphatic hydroxyl groups excluding tert-OH is 4. The van der Waals surface area contributed by atoms with Gasteiger partial charge >= 0.3 is 0 Å². The molecule has 0 aromatic carbocycles. The Hall–Kier alpha value is -0.770. The first-order chi connectivity index (χ1) is 10.4. The predicted octanol–water partition coefficient (Wildman–Crippen LogP) is -2.62. The van der Waals surface area contributed by atoms with Crippen LogP contribution in [0, 0.1) is 0 Å². The number of carbonyl (C=O) groups excluding carboxylic acids is 1. The Bertz CT molecular complexity index is 396. The van der Waals surface area contributed by atoms with Crippen molar-refractivity contribution >= 4 is 5.91 Å². The third-order valence-electron chi connectivity index (χ3n) is 4.51. The minimum Gasteiger partial charge on any atom is -0.394 e. The molecular formula is C14H26N2O6. The van der Waals surface area contributed by atoms with Crippen molar-refractivity contribution in [2.24, 2.45) is 0 Å². The summed E-state index contributed by atoms with van der Waals surface area (Å²) in [5, 5.41) is 37.8. The van der Waals surface area contributed by atoms with Crippen LogP contribution in [0.4, 0.5) is 0 Å². The second kappa shape index (κ2) is 7.20. The third-order valence-corrected chi connectivity index (χ3v) is 4.51. The molecule has 2 heterocycles. The summed E-state index contributed by atoms with van der Waals surface area (Å²) in [7, 11) is 0. The Balaban J connectivity index is 1.88. The molecule has 128 valence electrons. The number of aliphatic hydroxyl groups is 4. The number of β-amino-alcohol motifs (C(OH)–C–C–N with tert-alkyl or cyclic N) is 1. The molecule has 1 unspecified atom stereocenters. The zero-order valence-corrected chi connectivity index (χ0v) is 12.9. The van der Waals surface area contributed by atoms with E-state index >= 15 is 0 Å². The van der Waals surface area contributed by atoms with Crippen molar-refractivity contribution in [1.29, 1.82) is 0 Å². The first-order valence-electron chi connectivity index (χ1n) is 7.64. The van der Waals surface area contributed by atoms with Gasteiger partial charge in [-0.25, -0.2) is 0 Å². The van der Waals surface area contributed by atoms with Gasteiger partial charge in [-0.3, -0.25) is 9.69 Å². The molecule has 0 aromatic heterocycles. The zero-order chi connectivity index (χ0) is 16.3. The summed E-state index contributed by atoms with van der Waals surface area (Å²) < 4.78 is 5.88. The summed E-state index contributed by atoms with van der Waals surface area (Å²) in [6.45, 7) is 4.02. The molecule has 4 atom stereocenters. The highest BCUT2D eigenvalue weighted by Crippen LogP contribution is 2.29. The fourth-order valence-corrected chi connectivity index (χ4v) is 3.18. The third kappa shape index (κ3) is 3.95. The van der Waals surface area contributed by atoms with Gasteiger partial charge in [0, 0.05) is 33.1 Å². The van der Waals surface area contributed by atoms with Gasteiger partial charge in [-0.05, 0) is 6.42 Å². The van der Waals surface area contributed by atoms with Crippen LogP contribution >= 0.6 is 0 Å². The maximum absolute atomic E-state index is 11.5. The summed E-state index contributed by atoms with van der Waals surface area (Å²) in [5.74, 6) is 0.0302. The predicted molar refractivity (Wildman–Crippen MR) is 77.1 cm³/mol. The Kier molecular flexibility index (Phi) is 5.76. The van der Waals surface area contributed by atoms with Gasteiger partial charge in [-0.1, -0.05) is 0 Å². The first-order valence-corrected chi connectivity index (χ1v) is 7.64. The Morgan fingerprint density at radius 2 is 1.95 bits per heavy atom. The molecule has 0 aromatic rings. The van der Waals surface area contributed by atoms with Crippen molar-refractivity contribution < 1.29 is 30.0 Å². The van der Waals surface area contributed by atoms with Crippen LogP contribution in [0.1, 0.15) is 13.3 Å². The van der Waals surface area contributed by atoms with E-state index in [0.29, 0.717) is 32.8 Å². The lowest BCUT2D eigenvalue weighted by atomic mass is 10.0. The molecule has 1 spiro atoms. The van der Waals surface area contributed by atoms with Crippen LogP contribution in [0.5, 0.6) is 0 Å². The number of hydrogen-bond donors (Lipinski definition) is 4. The summed E-state index contributed by atoms with van der Waals surface area (Å²) >= 11 is 0. The second-order valence-corrected chi connectivity index (χ2v) is 6.27. The molecule has 22 heavy (non-hydrogen) atoms. The molecule has 0 saturated carbocycles. The van der Waals surface area contributed by atoms with Gasteiger partial charge in [0.15, 0.2) is 0 Å². The van der Waals surface area contributed by atoms with Gasteiger partial charge < -0.3 is 30.1 Å². The van der Waals surface area contributed by atoms with Crippen LogP contribution in [0.3, 0.4) is 0 Å². The van der Waals surface area contributed by atoms with Crippen molar-refractivity contribution in [3.8, 4) is 0 Å². The first kappa shape index (κ1) is 17.6. The van der Waals surface area contributed by atoms with Gasteiger partial charge in [-0.2, -0.15) is 0 Å². The highest BCUT2D eigenvalue weighted by Gasteiger charge is 2.44. The standard InChI is InChI=1S/C14H26N2O6/c1-10(18)16-4-5-22-14(9-16)2-3-15(8-14)6-11(19)13(21)12(20)7-17/h11-13,17,19-21H,2-9H2,1H3/t11-,12+,13-,14?/m0/s1. The Morgan fingerprint density at radius 3 is 2.59 bits per heavy atom. The number of carbonyl (C=O) groups is 1. The number of ether oxygens (including phenoxy) is 1. The fraction of sp³-hybridized carbons (Fsp3) is 0.929. The van der Waals surface area contributed by atoms with E-state index in [1.54, 1.807) is 11.8 Å². The number of morpholine rings is 1. The zero-order valence-electron chi connectivity index (χ0n) is 12.9. The smallest absolute Gasteiger partial charge is 0.219 e. The SMILES string of the molecule is CC(=O)N1CCOC2(CCN(C[C@H](O)[C@H](O)[C@H](O)CO)C2)C1. The summed E-state index contributed by atoms with van der Waals surface area (Å²) in [4.78, 5) is 15.2. The summed E-state index contributed by atoms with van der Waals surface area (Å²) in [6, 6.07) is 0. The van der Waals surface area contributed by atoms with Crippen LogP contribution in [0.25, 0.3) is 0 Å². The molecule has 8 nitrogen and oxygen atoms in total. The van der Waals surface area contributed by atoms with E-state index in [0.717, 1.165) is 6.42 Å². The summed E-state index contributed by atoms with van der Waals surface area (Å²) in [6.07, 6.45) is -3.14. The molecule has 2 aliphatic rings. The molecular weight excluding hydrogens is 292 g/mol. The number of amides is 1. The number of likely N-dealkylation sites (tertiary alicyclic amines) is 1. The number of nitrogens with zero attached hydrogens (tertiary/aromatic N) is 2. The van der Waals surface area contributed by atoms with E-state index in [1.165, 1.54) is 0 Å². The van der Waals surface area contributed by atoms with Crippen LogP contribution in [-0.2, 0) is 9.53 Å². The molecule has 1 amide bonds. The molecule has 8 heteroatoms. The van der Waals surface area contributed by atoms with Gasteiger partial charge in [0.25, 0.3) is 0 Å². The van der Waals surface area contributed by atoms with Gasteiger partial charge in [0.05, 0.1) is 31.5 Å². The molecule has 2 rings (SSSR count). The van der Waals surface area contributed by atoms with E-state index in [1.807, 2.05) is 4.90 Å². The average molecular weight is 318 g/mol. The number of rotatable bonds is 5. The maximum atomic E-state index is 11.5. The monoisotopic (exact) mass is 318 g/mol. The fourth-order valence-electron chi connectivity index (χ4n) is 3.18. The molecule has 0 aliphatic carbocycles. The average Bonchev–Trinajstić information content (AvgIpc) is 2.87. The Labute approximate surface area is 129 Å². The van der Waals surface area contributed by atoms with Crippen LogP contribution in [0.2, 0.25) is 0 Å². The van der Waals surface area contributed by atoms with Gasteiger partial charge in [0.2, 0.25) is 5.91 Å². The molecule has 0 bridgehead atoms. The molecule has 2 fully saturated rings. The minimum absolute atomic E-state index is 0.0302. The second-order valence-electron chi connectivity index (χ2n) is 6.27. The van der Waals surface area contributed by atoms with Crippen molar-refractivity contribution in [1.82, 2.24) is 9.80 Å². The van der Waals surface area contributed by atoms with Crippen molar-refractivity contribution in [3.63, 3.8) is 0 Å². The van der Waals surface area contributed by atoms with Crippen LogP contribution < -0.4 is 0 Å². The lowest BCUT2D eigenvalue weighted by molar-refractivity contribution is -0.147. The topological polar surface area (TPSA) is 114 Å². The maximum Gasteiger partial charge on any atom is 0.219 e. The van der Waals surface area contributed by atoms with E-state index in [9.17, 15) is 20.1 Å². The van der Waals surface area contributed by atoms with Crippen LogP contribution in [-0.4, -0.2) is 106 Å². The Morgan fingerprint density at radius 1 is 1.23 bits per heavy atom. The van der Waals surface area contributed by atoms with E-state index in [2.05, 4.69) is 0 Å². The molecule has 0 radical (unpaired) electrons. The van der Waals surface area contributed by atoms with E-state index in [4.69, 9.17) is 9.84 Å². The highest BCUT2D eigenvalue weighted by atomic mass is 16.5. The lowest BCUT2D eigenvalue weighted by Crippen LogP contribution is -2.55. The van der Waals surface area contributed by atoms with Gasteiger partial charge in [0.1, 0.15) is 12.2 Å². The quantitative estimate of drug-likeness (QED) is 0.439. The molecule has 4 N–H and O–H groups in total. The number of hydrogen-bond acceptors (Lipinski definition) is 7. The largest absolute Gasteiger partial charge is 0.394 e. The van der Waals surface area contributed by atoms with E-state index < -0.39 is 30.5 Å². The van der Waals surface area contributed by atoms with Gasteiger partial charge in [-0.15, -0.1) is 0 Å². The van der Waals surface area contributed by atoms with Crippen LogP contribution in [0.15, 0.2) is 0 Å². The molecule has 2 saturated heterocycles. The molecule has 2 aliphatic heterocycles. The van der Waals surface area contributed by atoms with Crippen molar-refractivity contribution in [3.05, 3.63) is 0 Å². The minimum atomic E-state index is -1.39. The van der Waals surface area contributed by atoms with Crippen molar-refractivity contribution in [2.45, 2.75) is 37.3 Å². The normalized spacial score (nSPS) is 30.5. The summed E-state index contributed by atoms with van der Waals surface area (Å²) in [5.41, 5.74) is -0.413.